The van der Waals surface area contributed by atoms with E-state index in [1.165, 1.54) is 12.1 Å². The van der Waals surface area contributed by atoms with Gasteiger partial charge in [0.2, 0.25) is 0 Å². The molecule has 0 amide bonds. The van der Waals surface area contributed by atoms with Crippen molar-refractivity contribution >= 4 is 23.2 Å². The molecule has 1 aromatic carbocycles. The van der Waals surface area contributed by atoms with Crippen LogP contribution in [-0.2, 0) is 0 Å². The highest BCUT2D eigenvalue weighted by Crippen LogP contribution is 2.36. The summed E-state index contributed by atoms with van der Waals surface area (Å²) in [5.74, 6) is -0.511. The van der Waals surface area contributed by atoms with Crippen molar-refractivity contribution in [3.05, 3.63) is 33.6 Å². The maximum atomic E-state index is 14.0. The van der Waals surface area contributed by atoms with E-state index in [1.54, 1.807) is 0 Å². The van der Waals surface area contributed by atoms with Crippen molar-refractivity contribution in [2.75, 3.05) is 0 Å². The summed E-state index contributed by atoms with van der Waals surface area (Å²) >= 11 is 11.7. The molecule has 2 rings (SSSR count). The van der Waals surface area contributed by atoms with Crippen LogP contribution in [0.15, 0.2) is 12.1 Å². The lowest BCUT2D eigenvalue weighted by Gasteiger charge is -2.25. The third kappa shape index (κ3) is 2.64. The van der Waals surface area contributed by atoms with Crippen molar-refractivity contribution in [1.82, 2.24) is 0 Å². The molecule has 2 atom stereocenters. The summed E-state index contributed by atoms with van der Waals surface area (Å²) in [7, 11) is 0. The van der Waals surface area contributed by atoms with Crippen molar-refractivity contribution < 1.29 is 9.50 Å². The van der Waals surface area contributed by atoms with Gasteiger partial charge in [-0.1, -0.05) is 36.0 Å². The number of hydrogen-bond donors (Lipinski definition) is 2. The number of hydrogen-bond acceptors (Lipinski definition) is 2. The second-order valence-electron chi connectivity index (χ2n) is 4.82. The Labute approximate surface area is 116 Å². The van der Waals surface area contributed by atoms with Crippen LogP contribution in [-0.4, -0.2) is 11.2 Å². The topological polar surface area (TPSA) is 46.2 Å². The first-order chi connectivity index (χ1) is 8.52. The molecule has 0 saturated heterocycles. The van der Waals surface area contributed by atoms with Gasteiger partial charge in [0.25, 0.3) is 0 Å². The van der Waals surface area contributed by atoms with Gasteiger partial charge in [0.1, 0.15) is 5.82 Å². The smallest absolute Gasteiger partial charge is 0.148 e. The Bertz CT molecular complexity index is 435. The molecule has 0 aromatic heterocycles. The molecule has 1 aliphatic carbocycles. The van der Waals surface area contributed by atoms with E-state index in [0.29, 0.717) is 0 Å². The number of aliphatic hydroxyl groups is 1. The number of rotatable bonds is 3. The van der Waals surface area contributed by atoms with Gasteiger partial charge in [-0.2, -0.15) is 0 Å². The van der Waals surface area contributed by atoms with Gasteiger partial charge in [-0.15, -0.1) is 0 Å². The minimum Gasteiger partial charge on any atom is -0.391 e. The molecular weight excluding hydrogens is 276 g/mol. The van der Waals surface area contributed by atoms with Crippen molar-refractivity contribution in [1.29, 1.82) is 0 Å². The Kier molecular flexibility index (Phi) is 4.49. The summed E-state index contributed by atoms with van der Waals surface area (Å²) in [6.45, 7) is 0. The van der Waals surface area contributed by atoms with Crippen molar-refractivity contribution in [2.24, 2.45) is 11.7 Å². The summed E-state index contributed by atoms with van der Waals surface area (Å²) in [5.41, 5.74) is 6.07. The van der Waals surface area contributed by atoms with Gasteiger partial charge in [0.15, 0.2) is 0 Å². The van der Waals surface area contributed by atoms with Crippen LogP contribution in [0.4, 0.5) is 4.39 Å². The van der Waals surface area contributed by atoms with E-state index in [2.05, 4.69) is 0 Å². The highest BCUT2D eigenvalue weighted by molar-refractivity contribution is 6.33. The van der Waals surface area contributed by atoms with E-state index < -0.39 is 18.0 Å². The molecule has 100 valence electrons. The fraction of sp³-hybridized carbons (Fsp3) is 0.538. The summed E-state index contributed by atoms with van der Waals surface area (Å²) in [6, 6.07) is 2.06. The first-order valence-corrected chi connectivity index (χ1v) is 6.85. The standard InChI is InChI=1S/C13H16Cl2FNO/c14-8-5-6-9(15)11(16)10(8)12(17)13(18)7-3-1-2-4-7/h5-7,12-13,18H,1-4,17H2/t12-,13+/m1/s1. The fourth-order valence-electron chi connectivity index (χ4n) is 2.61. The molecule has 1 fully saturated rings. The Morgan fingerprint density at radius 1 is 1.22 bits per heavy atom. The maximum Gasteiger partial charge on any atom is 0.148 e. The largest absolute Gasteiger partial charge is 0.391 e. The van der Waals surface area contributed by atoms with Crippen LogP contribution in [0.5, 0.6) is 0 Å². The molecule has 1 aliphatic rings. The van der Waals surface area contributed by atoms with E-state index in [0.717, 1.165) is 25.7 Å². The predicted molar refractivity (Wildman–Crippen MR) is 71.3 cm³/mol. The van der Waals surface area contributed by atoms with E-state index >= 15 is 0 Å². The molecule has 0 heterocycles. The average Bonchev–Trinajstić information content (AvgIpc) is 2.87. The highest BCUT2D eigenvalue weighted by atomic mass is 35.5. The zero-order chi connectivity index (χ0) is 13.3. The number of aliphatic hydroxyl groups excluding tert-OH is 1. The molecule has 0 spiro atoms. The Hall–Kier alpha value is -0.350. The third-order valence-electron chi connectivity index (χ3n) is 3.66. The van der Waals surface area contributed by atoms with Gasteiger partial charge in [-0.25, -0.2) is 4.39 Å². The highest BCUT2D eigenvalue weighted by Gasteiger charge is 2.31. The number of benzene rings is 1. The lowest BCUT2D eigenvalue weighted by Crippen LogP contribution is -2.32. The van der Waals surface area contributed by atoms with Crippen LogP contribution in [0.1, 0.15) is 37.3 Å². The zero-order valence-corrected chi connectivity index (χ0v) is 11.4. The Morgan fingerprint density at radius 3 is 2.39 bits per heavy atom. The van der Waals surface area contributed by atoms with Crippen molar-refractivity contribution in [2.45, 2.75) is 37.8 Å². The molecule has 2 nitrogen and oxygen atoms in total. The van der Waals surface area contributed by atoms with E-state index in [9.17, 15) is 9.50 Å². The molecular formula is C13H16Cl2FNO. The molecule has 18 heavy (non-hydrogen) atoms. The quantitative estimate of drug-likeness (QED) is 0.835. The summed E-state index contributed by atoms with van der Waals surface area (Å²) < 4.78 is 14.0. The van der Waals surface area contributed by atoms with E-state index in [4.69, 9.17) is 28.9 Å². The lowest BCUT2D eigenvalue weighted by molar-refractivity contribution is 0.0833. The van der Waals surface area contributed by atoms with Crippen LogP contribution >= 0.6 is 23.2 Å². The molecule has 0 unspecified atom stereocenters. The summed E-state index contributed by atoms with van der Waals surface area (Å²) in [5, 5.41) is 10.4. The summed E-state index contributed by atoms with van der Waals surface area (Å²) in [6.07, 6.45) is 3.24. The fourth-order valence-corrected chi connectivity index (χ4v) is 3.05. The normalized spacial score (nSPS) is 20.1. The molecule has 3 N–H and O–H groups in total. The van der Waals surface area contributed by atoms with Crippen LogP contribution in [0.25, 0.3) is 0 Å². The van der Waals surface area contributed by atoms with Crippen molar-refractivity contribution in [3.8, 4) is 0 Å². The first-order valence-electron chi connectivity index (χ1n) is 6.09. The molecule has 0 aliphatic heterocycles. The predicted octanol–water partition coefficient (Wildman–Crippen LogP) is 3.68. The van der Waals surface area contributed by atoms with Crippen LogP contribution in [0.2, 0.25) is 10.0 Å². The second-order valence-corrected chi connectivity index (χ2v) is 5.63. The minimum atomic E-state index is -0.834. The maximum absolute atomic E-state index is 14.0. The van der Waals surface area contributed by atoms with E-state index in [-0.39, 0.29) is 21.5 Å². The van der Waals surface area contributed by atoms with Crippen LogP contribution in [0.3, 0.4) is 0 Å². The van der Waals surface area contributed by atoms with Gasteiger partial charge in [-0.3, -0.25) is 0 Å². The van der Waals surface area contributed by atoms with Gasteiger partial charge in [0.05, 0.1) is 17.2 Å². The summed E-state index contributed by atoms with van der Waals surface area (Å²) in [4.78, 5) is 0. The lowest BCUT2D eigenvalue weighted by atomic mass is 9.90. The van der Waals surface area contributed by atoms with Gasteiger partial charge >= 0.3 is 0 Å². The van der Waals surface area contributed by atoms with E-state index in [1.807, 2.05) is 0 Å². The second kappa shape index (κ2) is 5.74. The number of halogens is 3. The molecule has 5 heteroatoms. The van der Waals surface area contributed by atoms with Gasteiger partial charge in [-0.05, 0) is 30.9 Å². The van der Waals surface area contributed by atoms with Gasteiger partial charge in [0, 0.05) is 10.6 Å². The van der Waals surface area contributed by atoms with Crippen molar-refractivity contribution in [3.63, 3.8) is 0 Å². The zero-order valence-electron chi connectivity index (χ0n) is 9.87. The first kappa shape index (κ1) is 14.1. The molecule has 0 radical (unpaired) electrons. The Balaban J connectivity index is 2.27. The monoisotopic (exact) mass is 291 g/mol. The Morgan fingerprint density at radius 2 is 1.78 bits per heavy atom. The average molecular weight is 292 g/mol. The molecule has 1 aromatic rings. The van der Waals surface area contributed by atoms with Crippen LogP contribution in [0, 0.1) is 11.7 Å². The molecule has 0 bridgehead atoms. The van der Waals surface area contributed by atoms with Gasteiger partial charge < -0.3 is 10.8 Å². The SMILES string of the molecule is N[C@H](c1c(Cl)ccc(Cl)c1F)[C@@H](O)C1CCCC1. The molecule has 1 saturated carbocycles. The minimum absolute atomic E-state index is 0.0246. The third-order valence-corrected chi connectivity index (χ3v) is 4.29. The number of nitrogens with two attached hydrogens (primary N) is 1. The van der Waals surface area contributed by atoms with Crippen LogP contribution < -0.4 is 5.73 Å².